The largest absolute Gasteiger partial charge is 0.371 e. The van der Waals surface area contributed by atoms with Crippen LogP contribution in [0.1, 0.15) is 32.1 Å². The maximum absolute atomic E-state index is 12.3. The van der Waals surface area contributed by atoms with Crippen molar-refractivity contribution in [2.45, 2.75) is 37.8 Å². The van der Waals surface area contributed by atoms with Gasteiger partial charge in [-0.1, -0.05) is 12.8 Å². The molecule has 3 rings (SSSR count). The van der Waals surface area contributed by atoms with Crippen LogP contribution in [0.15, 0.2) is 0 Å². The highest BCUT2D eigenvalue weighted by Crippen LogP contribution is 2.64. The third-order valence-corrected chi connectivity index (χ3v) is 5.40. The van der Waals surface area contributed by atoms with Crippen molar-refractivity contribution < 1.29 is 9.90 Å². The summed E-state index contributed by atoms with van der Waals surface area (Å²) < 4.78 is 0. The molecule has 2 saturated carbocycles. The molecular formula is C14H14N4O2. The molecule has 1 heterocycles. The first kappa shape index (κ1) is 12.9. The van der Waals surface area contributed by atoms with E-state index in [-0.39, 0.29) is 12.3 Å². The fourth-order valence-electron chi connectivity index (χ4n) is 4.47. The van der Waals surface area contributed by atoms with Crippen LogP contribution in [0.4, 0.5) is 0 Å². The molecule has 20 heavy (non-hydrogen) atoms. The second-order valence-corrected chi connectivity index (χ2v) is 6.10. The number of amides is 1. The zero-order valence-corrected chi connectivity index (χ0v) is 10.9. The lowest BCUT2D eigenvalue weighted by molar-refractivity contribution is -0.132. The van der Waals surface area contributed by atoms with Gasteiger partial charge in [0.15, 0.2) is 10.8 Å². The topological polar surface area (TPSA) is 121 Å². The van der Waals surface area contributed by atoms with Crippen molar-refractivity contribution in [3.63, 3.8) is 0 Å². The minimum Gasteiger partial charge on any atom is -0.371 e. The molecule has 1 aliphatic heterocycles. The number of carbonyl (C=O) groups is 1. The molecule has 2 N–H and O–H groups in total. The smallest absolute Gasteiger partial charge is 0.245 e. The van der Waals surface area contributed by atoms with Crippen LogP contribution in [-0.2, 0) is 4.79 Å². The number of hydrogen-bond acceptors (Lipinski definition) is 5. The number of nitrogens with one attached hydrogen (secondary N) is 1. The molecule has 4 atom stereocenters. The van der Waals surface area contributed by atoms with E-state index < -0.39 is 28.4 Å². The van der Waals surface area contributed by atoms with Crippen LogP contribution in [0.25, 0.3) is 0 Å². The summed E-state index contributed by atoms with van der Waals surface area (Å²) in [6, 6.07) is 5.85. The zero-order valence-electron chi connectivity index (χ0n) is 10.9. The summed E-state index contributed by atoms with van der Waals surface area (Å²) in [6.07, 6.45) is 2.82. The van der Waals surface area contributed by atoms with E-state index in [9.17, 15) is 25.7 Å². The van der Waals surface area contributed by atoms with Crippen LogP contribution < -0.4 is 5.32 Å². The molecule has 0 aromatic heterocycles. The third kappa shape index (κ3) is 1.13. The second kappa shape index (κ2) is 3.72. The zero-order chi connectivity index (χ0) is 14.6. The van der Waals surface area contributed by atoms with Crippen LogP contribution in [0.3, 0.4) is 0 Å². The van der Waals surface area contributed by atoms with E-state index >= 15 is 0 Å². The summed E-state index contributed by atoms with van der Waals surface area (Å²) >= 11 is 0. The monoisotopic (exact) mass is 270 g/mol. The third-order valence-electron chi connectivity index (χ3n) is 5.40. The van der Waals surface area contributed by atoms with E-state index in [1.54, 1.807) is 0 Å². The molecule has 2 aliphatic carbocycles. The first-order chi connectivity index (χ1) is 9.49. The molecule has 102 valence electrons. The molecular weight excluding hydrogens is 256 g/mol. The summed E-state index contributed by atoms with van der Waals surface area (Å²) in [5, 5.41) is 41.9. The molecule has 2 bridgehead atoms. The van der Waals surface area contributed by atoms with Crippen molar-refractivity contribution in [2.75, 3.05) is 0 Å². The van der Waals surface area contributed by atoms with Crippen molar-refractivity contribution in [3.05, 3.63) is 0 Å². The van der Waals surface area contributed by atoms with Crippen molar-refractivity contribution >= 4 is 5.91 Å². The van der Waals surface area contributed by atoms with Crippen molar-refractivity contribution in [1.29, 1.82) is 15.8 Å². The SMILES string of the molecule is N#CC12CC(O)(NC1=O)C1CCCCC1C2(C#N)C#N. The predicted octanol–water partition coefficient (Wildman–Crippen LogP) is 0.558. The van der Waals surface area contributed by atoms with E-state index in [0.29, 0.717) is 12.8 Å². The van der Waals surface area contributed by atoms with E-state index in [1.807, 2.05) is 18.2 Å². The van der Waals surface area contributed by atoms with E-state index in [4.69, 9.17) is 0 Å². The molecule has 3 fully saturated rings. The predicted molar refractivity (Wildman–Crippen MR) is 64.9 cm³/mol. The van der Waals surface area contributed by atoms with Crippen LogP contribution in [-0.4, -0.2) is 16.7 Å². The van der Waals surface area contributed by atoms with Gasteiger partial charge in [0, 0.05) is 18.3 Å². The Balaban J connectivity index is 2.27. The van der Waals surface area contributed by atoms with Crippen LogP contribution in [0.2, 0.25) is 0 Å². The summed E-state index contributed by atoms with van der Waals surface area (Å²) in [5.74, 6) is -1.45. The van der Waals surface area contributed by atoms with E-state index in [2.05, 4.69) is 5.32 Å². The number of nitriles is 3. The van der Waals surface area contributed by atoms with Crippen molar-refractivity contribution in [2.24, 2.45) is 22.7 Å². The fourth-order valence-corrected chi connectivity index (χ4v) is 4.47. The Bertz CT molecular complexity index is 596. The van der Waals surface area contributed by atoms with Gasteiger partial charge in [0.1, 0.15) is 5.72 Å². The van der Waals surface area contributed by atoms with Crippen LogP contribution in [0, 0.1) is 56.7 Å². The maximum atomic E-state index is 12.3. The average molecular weight is 270 g/mol. The number of fused-ring (bicyclic) bond motifs is 4. The Hall–Kier alpha value is -2.10. The maximum Gasteiger partial charge on any atom is 0.245 e. The molecule has 4 unspecified atom stereocenters. The number of carbonyl (C=O) groups excluding carboxylic acids is 1. The standard InChI is InChI=1S/C14H14N4O2/c15-6-12-5-14(20,18-11(12)19)10-4-2-1-3-9(10)13(12,7-16)8-17/h9-10,20H,1-5H2,(H,18,19). The highest BCUT2D eigenvalue weighted by Gasteiger charge is 2.76. The molecule has 6 heteroatoms. The quantitative estimate of drug-likeness (QED) is 0.666. The molecule has 0 radical (unpaired) electrons. The number of aliphatic hydroxyl groups is 1. The Morgan fingerprint density at radius 3 is 2.25 bits per heavy atom. The molecule has 1 saturated heterocycles. The first-order valence-corrected chi connectivity index (χ1v) is 6.78. The lowest BCUT2D eigenvalue weighted by Gasteiger charge is -2.51. The van der Waals surface area contributed by atoms with Crippen molar-refractivity contribution in [1.82, 2.24) is 5.32 Å². The minimum atomic E-state index is -1.76. The summed E-state index contributed by atoms with van der Waals surface area (Å²) in [5.41, 5.74) is -4.88. The Labute approximate surface area is 116 Å². The van der Waals surface area contributed by atoms with Gasteiger partial charge in [-0.05, 0) is 12.8 Å². The molecule has 6 nitrogen and oxygen atoms in total. The number of rotatable bonds is 0. The first-order valence-electron chi connectivity index (χ1n) is 6.78. The molecule has 0 aromatic rings. The summed E-state index contributed by atoms with van der Waals surface area (Å²) in [6.45, 7) is 0. The van der Waals surface area contributed by atoms with Gasteiger partial charge in [0.05, 0.1) is 18.2 Å². The van der Waals surface area contributed by atoms with Crippen LogP contribution in [0.5, 0.6) is 0 Å². The summed E-state index contributed by atoms with van der Waals surface area (Å²) in [4.78, 5) is 12.3. The minimum absolute atomic E-state index is 0.169. The lowest BCUT2D eigenvalue weighted by atomic mass is 9.47. The second-order valence-electron chi connectivity index (χ2n) is 6.10. The van der Waals surface area contributed by atoms with E-state index in [1.165, 1.54) is 0 Å². The van der Waals surface area contributed by atoms with Crippen molar-refractivity contribution in [3.8, 4) is 18.2 Å². The van der Waals surface area contributed by atoms with Gasteiger partial charge in [-0.2, -0.15) is 15.8 Å². The highest BCUT2D eigenvalue weighted by molar-refractivity contribution is 5.91. The van der Waals surface area contributed by atoms with Crippen LogP contribution >= 0.6 is 0 Å². The van der Waals surface area contributed by atoms with Gasteiger partial charge in [0.2, 0.25) is 5.91 Å². The molecule has 1 amide bonds. The lowest BCUT2D eigenvalue weighted by Crippen LogP contribution is -2.59. The summed E-state index contributed by atoms with van der Waals surface area (Å²) in [7, 11) is 0. The Morgan fingerprint density at radius 2 is 1.70 bits per heavy atom. The highest BCUT2D eigenvalue weighted by atomic mass is 16.3. The molecule has 3 aliphatic rings. The Kier molecular flexibility index (Phi) is 2.40. The number of hydrogen-bond donors (Lipinski definition) is 2. The van der Waals surface area contributed by atoms with Gasteiger partial charge >= 0.3 is 0 Å². The van der Waals surface area contributed by atoms with Gasteiger partial charge in [-0.25, -0.2) is 0 Å². The van der Waals surface area contributed by atoms with Gasteiger partial charge in [0.25, 0.3) is 0 Å². The molecule has 0 aromatic carbocycles. The fraction of sp³-hybridized carbons (Fsp3) is 0.714. The normalized spacial score (nSPS) is 44.4. The van der Waals surface area contributed by atoms with Gasteiger partial charge in [-0.3, -0.25) is 4.79 Å². The molecule has 0 spiro atoms. The number of nitrogens with zero attached hydrogens (tertiary/aromatic N) is 3. The van der Waals surface area contributed by atoms with E-state index in [0.717, 1.165) is 12.8 Å². The Morgan fingerprint density at radius 1 is 1.10 bits per heavy atom. The van der Waals surface area contributed by atoms with Gasteiger partial charge in [-0.15, -0.1) is 0 Å². The average Bonchev–Trinajstić information content (AvgIpc) is 2.71. The van der Waals surface area contributed by atoms with Gasteiger partial charge < -0.3 is 10.4 Å².